The highest BCUT2D eigenvalue weighted by Crippen LogP contribution is 2.47. The Labute approximate surface area is 171 Å². The summed E-state index contributed by atoms with van der Waals surface area (Å²) in [7, 11) is 1.42. The average Bonchev–Trinajstić information content (AvgIpc) is 2.66. The van der Waals surface area contributed by atoms with E-state index in [0.29, 0.717) is 12.0 Å². The molecule has 1 aliphatic carbocycles. The normalized spacial score (nSPS) is 23.2. The van der Waals surface area contributed by atoms with E-state index in [2.05, 4.69) is 24.1 Å². The Bertz CT molecular complexity index is 910. The Morgan fingerprint density at radius 3 is 2.48 bits per heavy atom. The van der Waals surface area contributed by atoms with E-state index in [9.17, 15) is 14.7 Å². The number of hydrogen-bond acceptors (Lipinski definition) is 5. The number of nitrogens with zero attached hydrogens (tertiary/aromatic N) is 1. The number of carbonyl (C=O) groups is 2. The predicted molar refractivity (Wildman–Crippen MR) is 110 cm³/mol. The maximum Gasteiger partial charge on any atom is 0.274 e. The Morgan fingerprint density at radius 1 is 1.14 bits per heavy atom. The number of pyridine rings is 1. The van der Waals surface area contributed by atoms with Crippen LogP contribution in [-0.2, 0) is 0 Å². The zero-order valence-corrected chi connectivity index (χ0v) is 17.4. The standard InChI is InChI=1S/C23H28N2O4/c1-22(2)12-16(25-21(28)18-19(26)17(29-4)10-11-24-18)13-23(3,14-22)20(27)15-8-6-5-7-9-15/h5-11,16,26H,12-14H2,1-4H3,(H,25,28). The van der Waals surface area contributed by atoms with Crippen molar-refractivity contribution >= 4 is 11.7 Å². The molecule has 6 nitrogen and oxygen atoms in total. The lowest BCUT2D eigenvalue weighted by Gasteiger charge is -2.46. The third-order valence-corrected chi connectivity index (χ3v) is 5.61. The molecule has 0 saturated heterocycles. The van der Waals surface area contributed by atoms with E-state index in [1.54, 1.807) is 0 Å². The highest BCUT2D eigenvalue weighted by molar-refractivity contribution is 6.00. The lowest BCUT2D eigenvalue weighted by Crippen LogP contribution is -2.49. The summed E-state index contributed by atoms with van der Waals surface area (Å²) in [5, 5.41) is 13.2. The lowest BCUT2D eigenvalue weighted by atomic mass is 9.60. The first kappa shape index (κ1) is 20.8. The number of carbonyl (C=O) groups excluding carboxylic acids is 2. The minimum atomic E-state index is -0.592. The van der Waals surface area contributed by atoms with Crippen molar-refractivity contribution in [3.05, 3.63) is 53.9 Å². The minimum Gasteiger partial charge on any atom is -0.503 e. The van der Waals surface area contributed by atoms with E-state index >= 15 is 0 Å². The number of ketones is 1. The second-order valence-electron chi connectivity index (χ2n) is 8.89. The molecule has 1 aromatic heterocycles. The number of benzene rings is 1. The molecule has 154 valence electrons. The van der Waals surface area contributed by atoms with E-state index in [-0.39, 0.29) is 34.4 Å². The predicted octanol–water partition coefficient (Wildman–Crippen LogP) is 3.99. The Balaban J connectivity index is 1.83. The topological polar surface area (TPSA) is 88.5 Å². The molecule has 1 heterocycles. The molecule has 1 saturated carbocycles. The first-order chi connectivity index (χ1) is 13.6. The number of nitrogens with one attached hydrogen (secondary N) is 1. The zero-order chi connectivity index (χ0) is 21.2. The second kappa shape index (κ2) is 7.85. The quantitative estimate of drug-likeness (QED) is 0.746. The molecule has 2 unspecified atom stereocenters. The van der Waals surface area contributed by atoms with E-state index in [1.807, 2.05) is 37.3 Å². The first-order valence-electron chi connectivity index (χ1n) is 9.78. The zero-order valence-electron chi connectivity index (χ0n) is 17.4. The minimum absolute atomic E-state index is 0.0798. The third kappa shape index (κ3) is 4.42. The lowest BCUT2D eigenvalue weighted by molar-refractivity contribution is 0.0463. The van der Waals surface area contributed by atoms with Crippen LogP contribution in [0, 0.1) is 10.8 Å². The van der Waals surface area contributed by atoms with Crippen molar-refractivity contribution in [2.24, 2.45) is 10.8 Å². The summed E-state index contributed by atoms with van der Waals surface area (Å²) >= 11 is 0. The molecule has 0 radical (unpaired) electrons. The molecule has 6 heteroatoms. The monoisotopic (exact) mass is 396 g/mol. The molecule has 3 rings (SSSR count). The highest BCUT2D eigenvalue weighted by atomic mass is 16.5. The number of rotatable bonds is 5. The largest absolute Gasteiger partial charge is 0.503 e. The van der Waals surface area contributed by atoms with Crippen molar-refractivity contribution in [2.75, 3.05) is 7.11 Å². The van der Waals surface area contributed by atoms with Gasteiger partial charge in [-0.05, 0) is 24.7 Å². The fraction of sp³-hybridized carbons (Fsp3) is 0.435. The van der Waals surface area contributed by atoms with Gasteiger partial charge in [0.25, 0.3) is 5.91 Å². The number of aromatic nitrogens is 1. The summed E-state index contributed by atoms with van der Waals surface area (Å²) in [6.45, 7) is 6.20. The molecule has 2 N–H and O–H groups in total. The molecule has 1 aromatic carbocycles. The number of aromatic hydroxyl groups is 1. The Morgan fingerprint density at radius 2 is 1.83 bits per heavy atom. The SMILES string of the molecule is COc1ccnc(C(=O)NC2CC(C)(C)CC(C)(C(=O)c3ccccc3)C2)c1O. The molecule has 0 spiro atoms. The summed E-state index contributed by atoms with van der Waals surface area (Å²) < 4.78 is 5.06. The molecular weight excluding hydrogens is 368 g/mol. The third-order valence-electron chi connectivity index (χ3n) is 5.61. The number of Topliss-reactive ketones (excluding diaryl/α,β-unsaturated/α-hetero) is 1. The van der Waals surface area contributed by atoms with Crippen LogP contribution in [0.2, 0.25) is 0 Å². The van der Waals surface area contributed by atoms with Gasteiger partial charge in [0.2, 0.25) is 0 Å². The van der Waals surface area contributed by atoms with Crippen LogP contribution in [-0.4, -0.2) is 34.9 Å². The first-order valence-corrected chi connectivity index (χ1v) is 9.78. The van der Waals surface area contributed by atoms with E-state index in [4.69, 9.17) is 4.74 Å². The van der Waals surface area contributed by atoms with Crippen molar-refractivity contribution in [3.8, 4) is 11.5 Å². The summed E-state index contributed by atoms with van der Waals surface area (Å²) in [5.41, 5.74) is -0.113. The summed E-state index contributed by atoms with van der Waals surface area (Å²) in [6, 6.07) is 10.6. The summed E-state index contributed by atoms with van der Waals surface area (Å²) in [6.07, 6.45) is 3.42. The maximum atomic E-state index is 13.3. The number of amides is 1. The van der Waals surface area contributed by atoms with Crippen molar-refractivity contribution in [1.29, 1.82) is 0 Å². The van der Waals surface area contributed by atoms with Gasteiger partial charge in [0, 0.05) is 29.3 Å². The molecule has 0 aliphatic heterocycles. The molecule has 29 heavy (non-hydrogen) atoms. The van der Waals surface area contributed by atoms with Crippen LogP contribution in [0.4, 0.5) is 0 Å². The van der Waals surface area contributed by atoms with Crippen LogP contribution in [0.25, 0.3) is 0 Å². The van der Waals surface area contributed by atoms with Gasteiger partial charge in [-0.25, -0.2) is 4.98 Å². The number of methoxy groups -OCH3 is 1. The van der Waals surface area contributed by atoms with Gasteiger partial charge in [-0.1, -0.05) is 51.1 Å². The molecule has 1 amide bonds. The van der Waals surface area contributed by atoms with Crippen LogP contribution in [0.1, 0.15) is 60.9 Å². The van der Waals surface area contributed by atoms with Crippen LogP contribution < -0.4 is 10.1 Å². The van der Waals surface area contributed by atoms with Gasteiger partial charge in [-0.2, -0.15) is 0 Å². The van der Waals surface area contributed by atoms with Gasteiger partial charge in [-0.15, -0.1) is 0 Å². The number of ether oxygens (including phenoxy) is 1. The van der Waals surface area contributed by atoms with Gasteiger partial charge in [0.05, 0.1) is 7.11 Å². The van der Waals surface area contributed by atoms with Crippen molar-refractivity contribution in [3.63, 3.8) is 0 Å². The summed E-state index contributed by atoms with van der Waals surface area (Å²) in [4.78, 5) is 30.1. The van der Waals surface area contributed by atoms with Crippen LogP contribution in [0.3, 0.4) is 0 Å². The molecule has 1 aliphatic rings. The van der Waals surface area contributed by atoms with Crippen LogP contribution in [0.15, 0.2) is 42.6 Å². The molecule has 1 fully saturated rings. The molecule has 2 atom stereocenters. The molecule has 2 aromatic rings. The van der Waals surface area contributed by atoms with Crippen LogP contribution in [0.5, 0.6) is 11.5 Å². The van der Waals surface area contributed by atoms with E-state index in [0.717, 1.165) is 12.8 Å². The molecular formula is C23H28N2O4. The van der Waals surface area contributed by atoms with Gasteiger partial charge < -0.3 is 15.2 Å². The van der Waals surface area contributed by atoms with Crippen molar-refractivity contribution in [2.45, 2.75) is 46.1 Å². The van der Waals surface area contributed by atoms with E-state index in [1.165, 1.54) is 19.4 Å². The highest BCUT2D eigenvalue weighted by Gasteiger charge is 2.46. The van der Waals surface area contributed by atoms with Crippen LogP contribution >= 0.6 is 0 Å². The number of hydrogen-bond donors (Lipinski definition) is 2. The summed E-state index contributed by atoms with van der Waals surface area (Å²) in [5.74, 6) is -0.477. The van der Waals surface area contributed by atoms with Gasteiger partial charge in [0.1, 0.15) is 0 Å². The fourth-order valence-corrected chi connectivity index (χ4v) is 4.72. The average molecular weight is 396 g/mol. The molecule has 0 bridgehead atoms. The van der Waals surface area contributed by atoms with Gasteiger partial charge in [-0.3, -0.25) is 9.59 Å². The van der Waals surface area contributed by atoms with E-state index < -0.39 is 11.3 Å². The Hall–Kier alpha value is -2.89. The van der Waals surface area contributed by atoms with Gasteiger partial charge in [0.15, 0.2) is 23.0 Å². The van der Waals surface area contributed by atoms with Crippen molar-refractivity contribution in [1.82, 2.24) is 10.3 Å². The Kier molecular flexibility index (Phi) is 5.64. The van der Waals surface area contributed by atoms with Crippen molar-refractivity contribution < 1.29 is 19.4 Å². The fourth-order valence-electron chi connectivity index (χ4n) is 4.72. The second-order valence-corrected chi connectivity index (χ2v) is 8.89. The maximum absolute atomic E-state index is 13.3. The van der Waals surface area contributed by atoms with Gasteiger partial charge >= 0.3 is 0 Å². The smallest absolute Gasteiger partial charge is 0.274 e.